The van der Waals surface area contributed by atoms with E-state index in [0.717, 1.165) is 38.5 Å². The average molecular weight is 356 g/mol. The highest BCUT2D eigenvalue weighted by molar-refractivity contribution is 6.31. The van der Waals surface area contributed by atoms with Crippen LogP contribution in [0.3, 0.4) is 0 Å². The number of nitrogens with zero attached hydrogens (tertiary/aromatic N) is 5. The number of ether oxygens (including phenoxy) is 1. The van der Waals surface area contributed by atoms with Crippen molar-refractivity contribution in [2.45, 2.75) is 26.4 Å². The Balaban J connectivity index is 1.75. The summed E-state index contributed by atoms with van der Waals surface area (Å²) in [5, 5.41) is 0.440. The molecule has 2 rings (SSSR count). The number of hydrogen-bond donors (Lipinski definition) is 0. The van der Waals surface area contributed by atoms with Crippen LogP contribution in [0.25, 0.3) is 0 Å². The summed E-state index contributed by atoms with van der Waals surface area (Å²) in [5.74, 6) is 0.740. The van der Waals surface area contributed by atoms with Gasteiger partial charge in [0.1, 0.15) is 5.60 Å². The summed E-state index contributed by atoms with van der Waals surface area (Å²) in [6, 6.07) is 0. The van der Waals surface area contributed by atoms with Gasteiger partial charge in [-0.15, -0.1) is 0 Å². The third-order valence-electron chi connectivity index (χ3n) is 3.76. The minimum atomic E-state index is -0.465. The van der Waals surface area contributed by atoms with E-state index in [9.17, 15) is 4.79 Å². The molecule has 0 spiro atoms. The maximum absolute atomic E-state index is 12.0. The fourth-order valence-electron chi connectivity index (χ4n) is 2.43. The summed E-state index contributed by atoms with van der Waals surface area (Å²) in [6.07, 6.45) is 2.96. The van der Waals surface area contributed by atoms with Crippen LogP contribution in [0, 0.1) is 0 Å². The topological polar surface area (TPSA) is 61.8 Å². The molecular weight excluding hydrogens is 330 g/mol. The molecule has 7 nitrogen and oxygen atoms in total. The van der Waals surface area contributed by atoms with E-state index in [1.54, 1.807) is 24.3 Å². The van der Waals surface area contributed by atoms with Gasteiger partial charge in [0.2, 0.25) is 0 Å². The van der Waals surface area contributed by atoms with Crippen molar-refractivity contribution in [2.24, 2.45) is 0 Å². The van der Waals surface area contributed by atoms with Crippen LogP contribution in [0.2, 0.25) is 5.15 Å². The highest BCUT2D eigenvalue weighted by Crippen LogP contribution is 2.21. The van der Waals surface area contributed by atoms with Gasteiger partial charge in [-0.05, 0) is 20.8 Å². The summed E-state index contributed by atoms with van der Waals surface area (Å²) in [4.78, 5) is 26.4. The molecule has 1 aromatic rings. The second kappa shape index (κ2) is 7.98. The Morgan fingerprint density at radius 1 is 1.25 bits per heavy atom. The fraction of sp³-hybridized carbons (Fsp3) is 0.688. The maximum atomic E-state index is 12.0. The number of carbonyl (C=O) groups is 1. The number of carbonyl (C=O) groups excluding carboxylic acids is 1. The highest BCUT2D eigenvalue weighted by atomic mass is 35.5. The number of aromatic nitrogens is 2. The Kier molecular flexibility index (Phi) is 6.23. The van der Waals surface area contributed by atoms with Gasteiger partial charge in [-0.1, -0.05) is 11.6 Å². The number of piperazine rings is 1. The summed E-state index contributed by atoms with van der Waals surface area (Å²) in [6.45, 7) is 10.5. The van der Waals surface area contributed by atoms with Crippen LogP contribution < -0.4 is 4.90 Å². The quantitative estimate of drug-likeness (QED) is 0.824. The lowest BCUT2D eigenvalue weighted by atomic mass is 10.2. The first-order chi connectivity index (χ1) is 11.3. The van der Waals surface area contributed by atoms with Gasteiger partial charge < -0.3 is 14.5 Å². The van der Waals surface area contributed by atoms with Crippen molar-refractivity contribution in [3.05, 3.63) is 17.5 Å². The molecule has 1 saturated heterocycles. The Morgan fingerprint density at radius 2 is 1.88 bits per heavy atom. The molecule has 1 aromatic heterocycles. The van der Waals surface area contributed by atoms with Crippen molar-refractivity contribution in [3.63, 3.8) is 0 Å². The minimum Gasteiger partial charge on any atom is -0.444 e. The highest BCUT2D eigenvalue weighted by Gasteiger charge is 2.22. The average Bonchev–Trinajstić information content (AvgIpc) is 2.52. The second-order valence-corrected chi connectivity index (χ2v) is 7.26. The number of amides is 1. The SMILES string of the molecule is CN(CCN1CCN(c2nccnc2Cl)CC1)C(=O)OC(C)(C)C. The predicted octanol–water partition coefficient (Wildman–Crippen LogP) is 2.12. The molecule has 0 saturated carbocycles. The van der Waals surface area contributed by atoms with Crippen LogP contribution in [-0.4, -0.2) is 77.8 Å². The van der Waals surface area contributed by atoms with Crippen molar-refractivity contribution in [2.75, 3.05) is 51.2 Å². The van der Waals surface area contributed by atoms with Crippen LogP contribution in [0.1, 0.15) is 20.8 Å². The van der Waals surface area contributed by atoms with E-state index >= 15 is 0 Å². The molecule has 0 radical (unpaired) electrons. The van der Waals surface area contributed by atoms with Crippen LogP contribution in [-0.2, 0) is 4.74 Å². The van der Waals surface area contributed by atoms with Gasteiger partial charge in [-0.3, -0.25) is 4.90 Å². The summed E-state index contributed by atoms with van der Waals surface area (Å²) in [5.41, 5.74) is -0.465. The summed E-state index contributed by atoms with van der Waals surface area (Å²) in [7, 11) is 1.77. The molecule has 134 valence electrons. The van der Waals surface area contributed by atoms with Gasteiger partial charge in [-0.2, -0.15) is 0 Å². The molecule has 2 heterocycles. The molecular formula is C16H26ClN5O2. The summed E-state index contributed by atoms with van der Waals surface area (Å²) < 4.78 is 5.36. The number of halogens is 1. The van der Waals surface area contributed by atoms with Gasteiger partial charge in [0.15, 0.2) is 11.0 Å². The van der Waals surface area contributed by atoms with Crippen molar-refractivity contribution in [1.82, 2.24) is 19.8 Å². The molecule has 8 heteroatoms. The number of rotatable bonds is 4. The van der Waals surface area contributed by atoms with Crippen LogP contribution >= 0.6 is 11.6 Å². The van der Waals surface area contributed by atoms with Crippen LogP contribution in [0.5, 0.6) is 0 Å². The Morgan fingerprint density at radius 3 is 2.46 bits per heavy atom. The zero-order valence-corrected chi connectivity index (χ0v) is 15.6. The Labute approximate surface area is 148 Å². The van der Waals surface area contributed by atoms with Crippen molar-refractivity contribution in [3.8, 4) is 0 Å². The van der Waals surface area contributed by atoms with Crippen molar-refractivity contribution in [1.29, 1.82) is 0 Å². The van der Waals surface area contributed by atoms with Gasteiger partial charge in [0.25, 0.3) is 0 Å². The molecule has 1 amide bonds. The normalized spacial score (nSPS) is 16.1. The zero-order valence-electron chi connectivity index (χ0n) is 14.8. The van der Waals surface area contributed by atoms with Gasteiger partial charge in [0.05, 0.1) is 0 Å². The first kappa shape index (κ1) is 18.7. The van der Waals surface area contributed by atoms with E-state index in [2.05, 4.69) is 19.8 Å². The molecule has 0 aliphatic carbocycles. The third-order valence-corrected chi connectivity index (χ3v) is 4.03. The third kappa shape index (κ3) is 5.49. The molecule has 1 fully saturated rings. The van der Waals surface area contributed by atoms with E-state index in [1.165, 1.54) is 0 Å². The molecule has 0 unspecified atom stereocenters. The van der Waals surface area contributed by atoms with Crippen LogP contribution in [0.15, 0.2) is 12.4 Å². The lowest BCUT2D eigenvalue weighted by Crippen LogP contribution is -2.49. The molecule has 24 heavy (non-hydrogen) atoms. The number of anilines is 1. The monoisotopic (exact) mass is 355 g/mol. The van der Waals surface area contributed by atoms with Gasteiger partial charge >= 0.3 is 6.09 Å². The van der Waals surface area contributed by atoms with Gasteiger partial charge in [-0.25, -0.2) is 14.8 Å². The van der Waals surface area contributed by atoms with Gasteiger partial charge in [0, 0.05) is 58.7 Å². The maximum Gasteiger partial charge on any atom is 0.410 e. The molecule has 0 aromatic carbocycles. The molecule has 0 atom stereocenters. The summed E-state index contributed by atoms with van der Waals surface area (Å²) >= 11 is 6.10. The van der Waals surface area contributed by atoms with Crippen molar-refractivity contribution >= 4 is 23.5 Å². The van der Waals surface area contributed by atoms with Crippen LogP contribution in [0.4, 0.5) is 10.6 Å². The standard InChI is InChI=1S/C16H26ClN5O2/c1-16(2,3)24-15(23)20(4)7-8-21-9-11-22(12-10-21)14-13(17)18-5-6-19-14/h5-6H,7-12H2,1-4H3. The fourth-order valence-corrected chi connectivity index (χ4v) is 2.66. The second-order valence-electron chi connectivity index (χ2n) is 6.90. The first-order valence-corrected chi connectivity index (χ1v) is 8.52. The largest absolute Gasteiger partial charge is 0.444 e. The van der Waals surface area contributed by atoms with E-state index < -0.39 is 5.60 Å². The Bertz CT molecular complexity index is 556. The van der Waals surface area contributed by atoms with E-state index in [-0.39, 0.29) is 6.09 Å². The molecule has 1 aliphatic heterocycles. The Hall–Kier alpha value is -1.60. The minimum absolute atomic E-state index is 0.285. The van der Waals surface area contributed by atoms with Crippen molar-refractivity contribution < 1.29 is 9.53 Å². The molecule has 0 N–H and O–H groups in total. The van der Waals surface area contributed by atoms with E-state index in [4.69, 9.17) is 16.3 Å². The molecule has 1 aliphatic rings. The lowest BCUT2D eigenvalue weighted by Gasteiger charge is -2.36. The first-order valence-electron chi connectivity index (χ1n) is 8.14. The number of hydrogen-bond acceptors (Lipinski definition) is 6. The predicted molar refractivity (Wildman–Crippen MR) is 94.6 cm³/mol. The van der Waals surface area contributed by atoms with E-state index in [0.29, 0.717) is 11.7 Å². The smallest absolute Gasteiger partial charge is 0.410 e. The number of likely N-dealkylation sites (N-methyl/N-ethyl adjacent to an activating group) is 1. The molecule has 0 bridgehead atoms. The van der Waals surface area contributed by atoms with E-state index in [1.807, 2.05) is 20.8 Å². The lowest BCUT2D eigenvalue weighted by molar-refractivity contribution is 0.0282. The zero-order chi connectivity index (χ0) is 17.7.